The molecule has 0 bridgehead atoms. The molecule has 1 aliphatic rings. The number of esters is 1. The third-order valence-electron chi connectivity index (χ3n) is 4.08. The number of methoxy groups -OCH3 is 1. The van der Waals surface area contributed by atoms with E-state index in [-0.39, 0.29) is 25.3 Å². The summed E-state index contributed by atoms with van der Waals surface area (Å²) in [6.45, 7) is 2.92. The average molecular weight is 479 g/mol. The lowest BCUT2D eigenvalue weighted by molar-refractivity contribution is -0.142. The number of hydrogen-bond acceptors (Lipinski definition) is 7. The number of hydrogen-bond donors (Lipinski definition) is 2. The van der Waals surface area contributed by atoms with Crippen molar-refractivity contribution in [1.29, 1.82) is 0 Å². The number of phosphoric ester groups is 1. The van der Waals surface area contributed by atoms with E-state index in [0.29, 0.717) is 12.1 Å². The number of phosphoric acid groups is 1. The van der Waals surface area contributed by atoms with Crippen molar-refractivity contribution in [2.45, 2.75) is 31.3 Å². The third kappa shape index (κ3) is 6.34. The molecule has 0 aliphatic carbocycles. The minimum absolute atomic E-state index is 0.0557. The van der Waals surface area contributed by atoms with Crippen LogP contribution in [0.25, 0.3) is 0 Å². The lowest BCUT2D eigenvalue weighted by Crippen LogP contribution is -2.50. The molecule has 0 aromatic heterocycles. The monoisotopic (exact) mass is 479 g/mol. The average Bonchev–Trinajstić information content (AvgIpc) is 2.63. The molecule has 2 atom stereocenters. The molecule has 2 rings (SSSR count). The molecule has 0 radical (unpaired) electrons. The fraction of sp³-hybridized carbons (Fsp3) is 0.500. The first-order valence-corrected chi connectivity index (χ1v) is 11.8. The minimum atomic E-state index is -7.94. The Kier molecular flexibility index (Phi) is 6.82. The Balaban J connectivity index is 2.09. The van der Waals surface area contributed by atoms with E-state index >= 15 is 0 Å². The van der Waals surface area contributed by atoms with Crippen molar-refractivity contribution in [3.8, 4) is 5.75 Å². The van der Waals surface area contributed by atoms with Crippen molar-refractivity contribution in [3.63, 3.8) is 0 Å². The standard InChI is InChI=1S/C16H22F4NO7PS/c1-16(2)10-26-29(24,28-14(16)15(23)21-9-8-13(22)25-3)27-11-4-6-12(7-5-11)30(17,18,19)20/h4-7,14,30H,8-10H2,1-3H3,(H,21,23)/t14-,29?/m0/s1. The molecule has 0 spiro atoms. The number of thiol groups is 1. The van der Waals surface area contributed by atoms with Crippen LogP contribution in [0.3, 0.4) is 0 Å². The van der Waals surface area contributed by atoms with Gasteiger partial charge in [-0.1, -0.05) is 13.8 Å². The molecule has 172 valence electrons. The number of carbonyl (C=O) groups excluding carboxylic acids is 2. The molecule has 1 heterocycles. The molecule has 1 aliphatic heterocycles. The van der Waals surface area contributed by atoms with Gasteiger partial charge in [0, 0.05) is 12.0 Å². The summed E-state index contributed by atoms with van der Waals surface area (Å²) in [4.78, 5) is 22.1. The van der Waals surface area contributed by atoms with E-state index in [1.807, 2.05) is 0 Å². The third-order valence-corrected chi connectivity index (χ3v) is 6.51. The summed E-state index contributed by atoms with van der Waals surface area (Å²) in [7, 11) is -11.1. The largest absolute Gasteiger partial charge is 0.530 e. The number of halogens is 4. The molecule has 30 heavy (non-hydrogen) atoms. The Hall–Kier alpha value is -1.82. The first kappa shape index (κ1) is 24.4. The van der Waals surface area contributed by atoms with Crippen LogP contribution in [0.1, 0.15) is 20.3 Å². The summed E-state index contributed by atoms with van der Waals surface area (Å²) in [5, 5.41) is 2.44. The zero-order chi connectivity index (χ0) is 22.8. The Bertz CT molecular complexity index is 850. The van der Waals surface area contributed by atoms with E-state index in [2.05, 4.69) is 10.1 Å². The molecule has 1 aromatic rings. The zero-order valence-electron chi connectivity index (χ0n) is 16.3. The van der Waals surface area contributed by atoms with E-state index in [1.54, 1.807) is 13.8 Å². The van der Waals surface area contributed by atoms with Gasteiger partial charge in [-0.15, -0.1) is 15.5 Å². The number of amides is 1. The SMILES string of the molecule is COC(=O)CCNC(=O)[C@@H]1OP(=O)(Oc2ccc([SH](F)(F)(F)F)cc2)OCC1(C)C. The van der Waals surface area contributed by atoms with Gasteiger partial charge in [-0.2, -0.15) is 0 Å². The zero-order valence-corrected chi connectivity index (χ0v) is 18.1. The highest BCUT2D eigenvalue weighted by Gasteiger charge is 2.50. The lowest BCUT2D eigenvalue weighted by atomic mass is 9.87. The molecule has 1 N–H and O–H groups in total. The highest BCUT2D eigenvalue weighted by atomic mass is 32.4. The number of nitrogens with one attached hydrogen (secondary N) is 1. The van der Waals surface area contributed by atoms with Crippen molar-refractivity contribution in [3.05, 3.63) is 24.3 Å². The molecular weight excluding hydrogens is 457 g/mol. The number of carbonyl (C=O) groups is 2. The summed E-state index contributed by atoms with van der Waals surface area (Å²) < 4.78 is 83.8. The number of rotatable bonds is 7. The maximum absolute atomic E-state index is 12.8. The normalized spacial score (nSPS) is 24.9. The topological polar surface area (TPSA) is 100 Å². The van der Waals surface area contributed by atoms with Crippen LogP contribution < -0.4 is 9.84 Å². The summed E-state index contributed by atoms with van der Waals surface area (Å²) in [5.74, 6) is -1.56. The predicted molar refractivity (Wildman–Crippen MR) is 101 cm³/mol. The maximum atomic E-state index is 12.8. The summed E-state index contributed by atoms with van der Waals surface area (Å²) >= 11 is 0. The van der Waals surface area contributed by atoms with E-state index < -0.39 is 46.8 Å². The molecule has 8 nitrogen and oxygen atoms in total. The van der Waals surface area contributed by atoms with E-state index in [4.69, 9.17) is 13.6 Å². The van der Waals surface area contributed by atoms with Crippen molar-refractivity contribution in [1.82, 2.24) is 5.32 Å². The molecule has 1 saturated heterocycles. The van der Waals surface area contributed by atoms with Gasteiger partial charge >= 0.3 is 13.8 Å². The van der Waals surface area contributed by atoms with Crippen LogP contribution in [-0.2, 0) is 27.9 Å². The number of ether oxygens (including phenoxy) is 1. The van der Waals surface area contributed by atoms with Gasteiger partial charge in [0.15, 0.2) is 16.8 Å². The van der Waals surface area contributed by atoms with Crippen LogP contribution in [0.5, 0.6) is 5.75 Å². The van der Waals surface area contributed by atoms with Gasteiger partial charge in [-0.25, -0.2) is 4.57 Å². The maximum Gasteiger partial charge on any atom is 0.530 e. The molecular formula is C16H22F4NO7PS. The Morgan fingerprint density at radius 2 is 1.83 bits per heavy atom. The predicted octanol–water partition coefficient (Wildman–Crippen LogP) is 4.26. The van der Waals surface area contributed by atoms with Crippen molar-refractivity contribution in [2.75, 3.05) is 20.3 Å². The van der Waals surface area contributed by atoms with E-state index in [9.17, 15) is 29.7 Å². The second-order valence-corrected chi connectivity index (χ2v) is 10.6. The lowest BCUT2D eigenvalue weighted by Gasteiger charge is -2.39. The molecule has 1 aromatic carbocycles. The smallest absolute Gasteiger partial charge is 0.469 e. The van der Waals surface area contributed by atoms with Crippen LogP contribution >= 0.6 is 18.5 Å². The van der Waals surface area contributed by atoms with Crippen molar-refractivity contribution in [2.24, 2.45) is 5.41 Å². The van der Waals surface area contributed by atoms with Gasteiger partial charge in [-0.3, -0.25) is 18.6 Å². The van der Waals surface area contributed by atoms with Crippen molar-refractivity contribution < 1.29 is 48.0 Å². The van der Waals surface area contributed by atoms with Crippen LogP contribution in [0.4, 0.5) is 15.5 Å². The molecule has 1 unspecified atom stereocenters. The second kappa shape index (κ2) is 8.37. The Morgan fingerprint density at radius 1 is 1.23 bits per heavy atom. The van der Waals surface area contributed by atoms with Crippen LogP contribution in [0, 0.1) is 5.41 Å². The van der Waals surface area contributed by atoms with Crippen LogP contribution in [-0.4, -0.2) is 38.2 Å². The molecule has 14 heteroatoms. The van der Waals surface area contributed by atoms with Gasteiger partial charge in [0.2, 0.25) is 0 Å². The highest BCUT2D eigenvalue weighted by molar-refractivity contribution is 8.33. The molecule has 0 saturated carbocycles. The number of benzene rings is 1. The van der Waals surface area contributed by atoms with Gasteiger partial charge in [0.05, 0.1) is 25.0 Å². The van der Waals surface area contributed by atoms with Crippen molar-refractivity contribution >= 4 is 30.4 Å². The van der Waals surface area contributed by atoms with Gasteiger partial charge in [0.1, 0.15) is 5.75 Å². The summed E-state index contributed by atoms with van der Waals surface area (Å²) in [6.07, 6.45) is -1.39. The fourth-order valence-electron chi connectivity index (χ4n) is 2.42. The fourth-order valence-corrected chi connectivity index (χ4v) is 4.68. The van der Waals surface area contributed by atoms with Gasteiger partial charge in [0.25, 0.3) is 5.91 Å². The first-order chi connectivity index (χ1) is 13.6. The highest BCUT2D eigenvalue weighted by Crippen LogP contribution is 2.82. The van der Waals surface area contributed by atoms with E-state index in [0.717, 1.165) is 12.1 Å². The Morgan fingerprint density at radius 3 is 2.37 bits per heavy atom. The molecule has 1 amide bonds. The Labute approximate surface area is 171 Å². The minimum Gasteiger partial charge on any atom is -0.469 e. The van der Waals surface area contributed by atoms with Gasteiger partial charge in [-0.05, 0) is 24.3 Å². The first-order valence-electron chi connectivity index (χ1n) is 8.59. The summed E-state index contributed by atoms with van der Waals surface area (Å²) in [5.41, 5.74) is -0.932. The van der Waals surface area contributed by atoms with Crippen LogP contribution in [0.2, 0.25) is 0 Å². The quantitative estimate of drug-likeness (QED) is 0.261. The molecule has 1 fully saturated rings. The van der Waals surface area contributed by atoms with Gasteiger partial charge < -0.3 is 14.6 Å². The van der Waals surface area contributed by atoms with E-state index in [1.165, 1.54) is 7.11 Å². The van der Waals surface area contributed by atoms with Crippen LogP contribution in [0.15, 0.2) is 29.2 Å². The second-order valence-electron chi connectivity index (χ2n) is 7.12. The summed E-state index contributed by atoms with van der Waals surface area (Å²) in [6, 6.07) is 2.44.